The van der Waals surface area contributed by atoms with Gasteiger partial charge in [-0.2, -0.15) is 4.98 Å². The van der Waals surface area contributed by atoms with Gasteiger partial charge in [0.05, 0.1) is 0 Å². The number of rotatable bonds is 7. The zero-order valence-corrected chi connectivity index (χ0v) is 10.3. The second-order valence-corrected chi connectivity index (χ2v) is 4.68. The van der Waals surface area contributed by atoms with Gasteiger partial charge < -0.3 is 9.84 Å². The molecule has 0 saturated heterocycles. The molecule has 0 aliphatic rings. The lowest BCUT2D eigenvalue weighted by Crippen LogP contribution is -2.20. The molecule has 90 valence electrons. The van der Waals surface area contributed by atoms with Crippen LogP contribution in [-0.2, 0) is 6.42 Å². The summed E-state index contributed by atoms with van der Waals surface area (Å²) in [6.07, 6.45) is 2.17. The van der Waals surface area contributed by atoms with Crippen LogP contribution in [0.4, 0.5) is 0 Å². The van der Waals surface area contributed by atoms with Gasteiger partial charge in [-0.3, -0.25) is 0 Å². The normalized spacial score (nSPS) is 10.6. The van der Waals surface area contributed by atoms with Crippen LogP contribution in [0.5, 0.6) is 0 Å². The van der Waals surface area contributed by atoms with E-state index in [9.17, 15) is 0 Å². The zero-order valence-electron chi connectivity index (χ0n) is 9.50. The van der Waals surface area contributed by atoms with Gasteiger partial charge in [0.1, 0.15) is 0 Å². The van der Waals surface area contributed by atoms with Gasteiger partial charge in [-0.1, -0.05) is 23.4 Å². The third-order valence-corrected chi connectivity index (χ3v) is 3.24. The average molecular weight is 249 g/mol. The van der Waals surface area contributed by atoms with E-state index in [0.29, 0.717) is 0 Å². The quantitative estimate of drug-likeness (QED) is 0.601. The van der Waals surface area contributed by atoms with Crippen LogP contribution in [0.2, 0.25) is 0 Å². The van der Waals surface area contributed by atoms with Crippen LogP contribution in [0, 0.1) is 0 Å². The fourth-order valence-electron chi connectivity index (χ4n) is 1.39. The van der Waals surface area contributed by atoms with E-state index >= 15 is 0 Å². The lowest BCUT2D eigenvalue weighted by atomic mass is 10.4. The molecular weight excluding hydrogens is 234 g/mol. The Morgan fingerprint density at radius 3 is 2.82 bits per heavy atom. The summed E-state index contributed by atoms with van der Waals surface area (Å²) in [5.41, 5.74) is 0. The van der Waals surface area contributed by atoms with E-state index in [1.807, 2.05) is 17.8 Å². The Bertz CT molecular complexity index is 405. The van der Waals surface area contributed by atoms with Gasteiger partial charge in [-0.15, -0.1) is 11.8 Å². The lowest BCUT2D eigenvalue weighted by molar-refractivity contribution is 0.409. The zero-order chi connectivity index (χ0) is 11.8. The number of benzene rings is 1. The molecule has 0 fully saturated rings. The van der Waals surface area contributed by atoms with E-state index in [0.717, 1.165) is 31.1 Å². The van der Waals surface area contributed by atoms with Gasteiger partial charge in [0.15, 0.2) is 5.82 Å². The maximum Gasteiger partial charge on any atom is 0.213 e. The van der Waals surface area contributed by atoms with Crippen molar-refractivity contribution in [1.82, 2.24) is 15.5 Å². The van der Waals surface area contributed by atoms with Crippen molar-refractivity contribution in [3.8, 4) is 0 Å². The summed E-state index contributed by atoms with van der Waals surface area (Å²) in [5, 5.41) is 7.10. The number of nitrogens with zero attached hydrogens (tertiary/aromatic N) is 2. The molecule has 1 aromatic heterocycles. The van der Waals surface area contributed by atoms with Crippen LogP contribution in [0.15, 0.2) is 46.1 Å². The highest BCUT2D eigenvalue weighted by molar-refractivity contribution is 7.99. The molecule has 0 unspecified atom stereocenters. The Morgan fingerprint density at radius 1 is 1.18 bits per heavy atom. The lowest BCUT2D eigenvalue weighted by Gasteiger charge is -2.03. The molecule has 2 rings (SSSR count). The van der Waals surface area contributed by atoms with Crippen LogP contribution in [-0.4, -0.2) is 29.0 Å². The second-order valence-electron chi connectivity index (χ2n) is 3.51. The van der Waals surface area contributed by atoms with Crippen molar-refractivity contribution in [3.63, 3.8) is 0 Å². The van der Waals surface area contributed by atoms with E-state index in [1.54, 1.807) is 0 Å². The molecule has 5 heteroatoms. The highest BCUT2D eigenvalue weighted by Gasteiger charge is 1.97. The standard InChI is InChI=1S/C12H15N3OS/c1-2-4-11(5-3-1)17-9-8-13-7-6-12-14-10-16-15-12/h1-5,10,13H,6-9H2. The molecule has 2 aromatic rings. The van der Waals surface area contributed by atoms with Crippen molar-refractivity contribution in [2.75, 3.05) is 18.8 Å². The number of thioether (sulfide) groups is 1. The molecule has 4 nitrogen and oxygen atoms in total. The highest BCUT2D eigenvalue weighted by Crippen LogP contribution is 2.15. The summed E-state index contributed by atoms with van der Waals surface area (Å²) in [6, 6.07) is 10.4. The predicted octanol–water partition coefficient (Wildman–Crippen LogP) is 1.99. The van der Waals surface area contributed by atoms with Crippen molar-refractivity contribution in [2.24, 2.45) is 0 Å². The average Bonchev–Trinajstić information content (AvgIpc) is 2.88. The largest absolute Gasteiger partial charge is 0.343 e. The number of nitrogens with one attached hydrogen (secondary N) is 1. The molecule has 0 aliphatic heterocycles. The van der Waals surface area contributed by atoms with E-state index in [2.05, 4.69) is 44.2 Å². The number of aromatic nitrogens is 2. The summed E-state index contributed by atoms with van der Waals surface area (Å²) in [7, 11) is 0. The maximum atomic E-state index is 4.66. The van der Waals surface area contributed by atoms with Crippen molar-refractivity contribution in [3.05, 3.63) is 42.5 Å². The SMILES string of the molecule is c1ccc(SCCNCCc2ncon2)cc1. The van der Waals surface area contributed by atoms with Crippen LogP contribution in [0.25, 0.3) is 0 Å². The predicted molar refractivity (Wildman–Crippen MR) is 68.0 cm³/mol. The van der Waals surface area contributed by atoms with Crippen LogP contribution < -0.4 is 5.32 Å². The minimum absolute atomic E-state index is 0.758. The molecule has 0 radical (unpaired) electrons. The monoisotopic (exact) mass is 249 g/mol. The highest BCUT2D eigenvalue weighted by atomic mass is 32.2. The Hall–Kier alpha value is -1.33. The first-order chi connectivity index (χ1) is 8.45. The topological polar surface area (TPSA) is 51.0 Å². The van der Waals surface area contributed by atoms with Gasteiger partial charge >= 0.3 is 0 Å². The molecule has 1 heterocycles. The smallest absolute Gasteiger partial charge is 0.213 e. The second kappa shape index (κ2) is 7.09. The first-order valence-electron chi connectivity index (χ1n) is 5.59. The van der Waals surface area contributed by atoms with Crippen molar-refractivity contribution in [1.29, 1.82) is 0 Å². The van der Waals surface area contributed by atoms with E-state index in [-0.39, 0.29) is 0 Å². The van der Waals surface area contributed by atoms with E-state index in [1.165, 1.54) is 11.3 Å². The minimum Gasteiger partial charge on any atom is -0.343 e. The molecule has 0 bridgehead atoms. The fourth-order valence-corrected chi connectivity index (χ4v) is 2.22. The summed E-state index contributed by atoms with van der Waals surface area (Å²) < 4.78 is 4.66. The number of hydrogen-bond acceptors (Lipinski definition) is 5. The summed E-state index contributed by atoms with van der Waals surface area (Å²) >= 11 is 1.86. The molecule has 0 spiro atoms. The van der Waals surface area contributed by atoms with Gasteiger partial charge in [0.25, 0.3) is 0 Å². The summed E-state index contributed by atoms with van der Waals surface area (Å²) in [5.74, 6) is 1.82. The van der Waals surface area contributed by atoms with Crippen molar-refractivity contribution < 1.29 is 4.52 Å². The van der Waals surface area contributed by atoms with Gasteiger partial charge in [-0.05, 0) is 12.1 Å². The summed E-state index contributed by atoms with van der Waals surface area (Å²) in [6.45, 7) is 1.87. The molecule has 1 N–H and O–H groups in total. The first-order valence-corrected chi connectivity index (χ1v) is 6.57. The number of hydrogen-bond donors (Lipinski definition) is 1. The van der Waals surface area contributed by atoms with Gasteiger partial charge in [-0.25, -0.2) is 0 Å². The van der Waals surface area contributed by atoms with Crippen molar-refractivity contribution in [2.45, 2.75) is 11.3 Å². The van der Waals surface area contributed by atoms with Gasteiger partial charge in [0.2, 0.25) is 6.39 Å². The fraction of sp³-hybridized carbons (Fsp3) is 0.333. The van der Waals surface area contributed by atoms with Crippen LogP contribution >= 0.6 is 11.8 Å². The van der Waals surface area contributed by atoms with Crippen LogP contribution in [0.3, 0.4) is 0 Å². The van der Waals surface area contributed by atoms with Gasteiger partial charge in [0, 0.05) is 30.2 Å². The van der Waals surface area contributed by atoms with E-state index in [4.69, 9.17) is 0 Å². The minimum atomic E-state index is 0.758. The molecule has 1 aromatic carbocycles. The molecular formula is C12H15N3OS. The Morgan fingerprint density at radius 2 is 2.06 bits per heavy atom. The third kappa shape index (κ3) is 4.58. The molecule has 0 saturated carbocycles. The first kappa shape index (κ1) is 12.1. The third-order valence-electron chi connectivity index (χ3n) is 2.22. The molecule has 17 heavy (non-hydrogen) atoms. The molecule has 0 atom stereocenters. The van der Waals surface area contributed by atoms with Crippen molar-refractivity contribution >= 4 is 11.8 Å². The molecule has 0 amide bonds. The van der Waals surface area contributed by atoms with E-state index < -0.39 is 0 Å². The Labute approximate surface area is 105 Å². The van der Waals surface area contributed by atoms with Crippen LogP contribution in [0.1, 0.15) is 5.82 Å². The Balaban J connectivity index is 1.52. The summed E-state index contributed by atoms with van der Waals surface area (Å²) in [4.78, 5) is 5.27. The Kier molecular flexibility index (Phi) is 5.06. The molecule has 0 aliphatic carbocycles. The maximum absolute atomic E-state index is 4.66.